The topological polar surface area (TPSA) is 129 Å². The molecule has 0 unspecified atom stereocenters. The molecule has 10 nitrogen and oxygen atoms in total. The number of fused-ring (bicyclic) bond motifs is 1. The maximum absolute atomic E-state index is 12.9. The van der Waals surface area contributed by atoms with Crippen LogP contribution >= 0.6 is 11.3 Å². The number of aryl methyl sites for hydroxylation is 1. The lowest BCUT2D eigenvalue weighted by Gasteiger charge is -2.10. The van der Waals surface area contributed by atoms with Crippen molar-refractivity contribution in [2.24, 2.45) is 0 Å². The summed E-state index contributed by atoms with van der Waals surface area (Å²) >= 11 is 1.36. The van der Waals surface area contributed by atoms with E-state index >= 15 is 0 Å². The number of methoxy groups -OCH3 is 1. The van der Waals surface area contributed by atoms with Gasteiger partial charge in [-0.15, -0.1) is 11.3 Å². The maximum Gasteiger partial charge on any atom is 0.294 e. The third-order valence-electron chi connectivity index (χ3n) is 4.63. The Bertz CT molecular complexity index is 1380. The van der Waals surface area contributed by atoms with Gasteiger partial charge in [0.2, 0.25) is 5.91 Å². The Kier molecular flexibility index (Phi) is 5.65. The van der Waals surface area contributed by atoms with Gasteiger partial charge < -0.3 is 10.1 Å². The van der Waals surface area contributed by atoms with Crippen molar-refractivity contribution >= 4 is 38.8 Å². The normalized spacial score (nSPS) is 10.8. The number of non-ortho nitro benzene ring substituents is 1. The summed E-state index contributed by atoms with van der Waals surface area (Å²) in [5, 5.41) is 18.5. The molecular weight excluding hydrogens is 434 g/mol. The van der Waals surface area contributed by atoms with Crippen molar-refractivity contribution in [2.75, 3.05) is 12.4 Å². The van der Waals surface area contributed by atoms with E-state index < -0.39 is 16.4 Å². The molecule has 1 amide bonds. The third kappa shape index (κ3) is 4.18. The average molecular weight is 451 g/mol. The Hall–Kier alpha value is -4.12. The van der Waals surface area contributed by atoms with Crippen LogP contribution in [0.3, 0.4) is 0 Å². The van der Waals surface area contributed by atoms with Gasteiger partial charge in [0.25, 0.3) is 11.2 Å². The Balaban J connectivity index is 1.67. The van der Waals surface area contributed by atoms with E-state index in [1.54, 1.807) is 26.2 Å². The molecule has 2 aromatic carbocycles. The van der Waals surface area contributed by atoms with Crippen molar-refractivity contribution in [2.45, 2.75) is 13.5 Å². The molecule has 11 heteroatoms. The minimum absolute atomic E-state index is 0.0885. The van der Waals surface area contributed by atoms with Gasteiger partial charge in [0.15, 0.2) is 5.52 Å². The second kappa shape index (κ2) is 8.55. The molecule has 0 spiro atoms. The Morgan fingerprint density at radius 1 is 1.19 bits per heavy atom. The second-order valence-electron chi connectivity index (χ2n) is 6.80. The first kappa shape index (κ1) is 21.1. The van der Waals surface area contributed by atoms with Gasteiger partial charge in [-0.25, -0.2) is 9.67 Å². The van der Waals surface area contributed by atoms with Crippen LogP contribution in [-0.2, 0) is 11.3 Å². The largest absolute Gasteiger partial charge is 0.497 e. The molecule has 0 aliphatic rings. The molecule has 2 aromatic heterocycles. The fraction of sp³-hybridized carbons (Fsp3) is 0.143. The zero-order valence-corrected chi connectivity index (χ0v) is 17.9. The van der Waals surface area contributed by atoms with Crippen LogP contribution in [0.5, 0.6) is 5.75 Å². The molecular formula is C21H17N5O5S. The summed E-state index contributed by atoms with van der Waals surface area (Å²) in [6.07, 6.45) is 0. The molecule has 1 N–H and O–H groups in total. The molecule has 4 aromatic rings. The van der Waals surface area contributed by atoms with E-state index in [1.165, 1.54) is 35.6 Å². The second-order valence-corrected chi connectivity index (χ2v) is 8.01. The zero-order valence-electron chi connectivity index (χ0n) is 17.1. The minimum Gasteiger partial charge on any atom is -0.497 e. The number of nitro groups is 1. The first-order chi connectivity index (χ1) is 15.4. The predicted octanol–water partition coefficient (Wildman–Crippen LogP) is 3.38. The number of amides is 1. The highest BCUT2D eigenvalue weighted by Crippen LogP contribution is 2.30. The number of thiazole rings is 1. The van der Waals surface area contributed by atoms with E-state index in [0.717, 1.165) is 10.2 Å². The fourth-order valence-corrected chi connectivity index (χ4v) is 4.03. The lowest BCUT2D eigenvalue weighted by atomic mass is 10.1. The number of aromatic nitrogens is 3. The van der Waals surface area contributed by atoms with E-state index in [4.69, 9.17) is 4.74 Å². The number of nitro benzene ring substituents is 1. The van der Waals surface area contributed by atoms with Crippen LogP contribution in [0, 0.1) is 17.0 Å². The van der Waals surface area contributed by atoms with Gasteiger partial charge in [-0.1, -0.05) is 0 Å². The number of ether oxygens (including phenoxy) is 1. The summed E-state index contributed by atoms with van der Waals surface area (Å²) in [4.78, 5) is 40.0. The Morgan fingerprint density at radius 2 is 1.88 bits per heavy atom. The van der Waals surface area contributed by atoms with E-state index in [0.29, 0.717) is 26.8 Å². The summed E-state index contributed by atoms with van der Waals surface area (Å²) in [6.45, 7) is 1.46. The minimum atomic E-state index is -0.527. The van der Waals surface area contributed by atoms with Crippen LogP contribution in [0.1, 0.15) is 5.01 Å². The smallest absolute Gasteiger partial charge is 0.294 e. The van der Waals surface area contributed by atoms with Gasteiger partial charge in [-0.05, 0) is 43.3 Å². The molecule has 0 saturated carbocycles. The van der Waals surface area contributed by atoms with Crippen LogP contribution in [0.25, 0.3) is 21.5 Å². The van der Waals surface area contributed by atoms with E-state index in [2.05, 4.69) is 15.4 Å². The monoisotopic (exact) mass is 451 g/mol. The molecule has 0 aliphatic heterocycles. The molecule has 0 saturated heterocycles. The van der Waals surface area contributed by atoms with Crippen molar-refractivity contribution in [3.05, 3.63) is 74.0 Å². The summed E-state index contributed by atoms with van der Waals surface area (Å²) in [5.41, 5.74) is 1.35. The molecule has 0 atom stereocenters. The molecule has 4 rings (SSSR count). The SMILES string of the molecule is COc1ccc(-c2nn(CC(=O)Nc3ccc([N+](=O)[O-])cc3)c(=O)c3nc(C)sc23)cc1. The quantitative estimate of drug-likeness (QED) is 0.351. The Labute approximate surface area is 185 Å². The molecule has 0 bridgehead atoms. The number of benzene rings is 2. The zero-order chi connectivity index (χ0) is 22.8. The summed E-state index contributed by atoms with van der Waals surface area (Å²) in [6, 6.07) is 12.6. The number of rotatable bonds is 6. The van der Waals surface area contributed by atoms with E-state index in [-0.39, 0.29) is 17.7 Å². The van der Waals surface area contributed by atoms with Crippen molar-refractivity contribution in [3.8, 4) is 17.0 Å². The van der Waals surface area contributed by atoms with E-state index in [9.17, 15) is 19.7 Å². The van der Waals surface area contributed by atoms with Gasteiger partial charge in [0.1, 0.15) is 18.0 Å². The van der Waals surface area contributed by atoms with Gasteiger partial charge in [-0.3, -0.25) is 19.7 Å². The lowest BCUT2D eigenvalue weighted by molar-refractivity contribution is -0.384. The van der Waals surface area contributed by atoms with Crippen LogP contribution in [0.15, 0.2) is 53.3 Å². The van der Waals surface area contributed by atoms with Gasteiger partial charge in [-0.2, -0.15) is 5.10 Å². The maximum atomic E-state index is 12.9. The van der Waals surface area contributed by atoms with Crippen molar-refractivity contribution in [1.29, 1.82) is 0 Å². The first-order valence-corrected chi connectivity index (χ1v) is 10.2. The molecule has 32 heavy (non-hydrogen) atoms. The fourth-order valence-electron chi connectivity index (χ4n) is 3.11. The van der Waals surface area contributed by atoms with E-state index in [1.807, 2.05) is 12.1 Å². The van der Waals surface area contributed by atoms with Crippen molar-refractivity contribution in [1.82, 2.24) is 14.8 Å². The Morgan fingerprint density at radius 3 is 2.50 bits per heavy atom. The molecule has 0 radical (unpaired) electrons. The lowest BCUT2D eigenvalue weighted by Crippen LogP contribution is -2.30. The highest BCUT2D eigenvalue weighted by Gasteiger charge is 2.18. The molecule has 0 aliphatic carbocycles. The summed E-state index contributed by atoms with van der Waals surface area (Å²) < 4.78 is 6.91. The van der Waals surface area contributed by atoms with Crippen LogP contribution < -0.4 is 15.6 Å². The number of nitrogens with zero attached hydrogens (tertiary/aromatic N) is 4. The highest BCUT2D eigenvalue weighted by atomic mass is 32.1. The van der Waals surface area contributed by atoms with Crippen LogP contribution in [-0.4, -0.2) is 32.7 Å². The number of carbonyl (C=O) groups excluding carboxylic acids is 1. The molecule has 162 valence electrons. The van der Waals surface area contributed by atoms with Crippen LogP contribution in [0.4, 0.5) is 11.4 Å². The highest BCUT2D eigenvalue weighted by molar-refractivity contribution is 7.19. The number of nitrogens with one attached hydrogen (secondary N) is 1. The number of hydrogen-bond donors (Lipinski definition) is 1. The number of carbonyl (C=O) groups is 1. The van der Waals surface area contributed by atoms with Crippen molar-refractivity contribution in [3.63, 3.8) is 0 Å². The van der Waals surface area contributed by atoms with Gasteiger partial charge in [0.05, 0.1) is 21.7 Å². The molecule has 2 heterocycles. The van der Waals surface area contributed by atoms with Crippen molar-refractivity contribution < 1.29 is 14.5 Å². The van der Waals surface area contributed by atoms with Gasteiger partial charge in [0, 0.05) is 23.4 Å². The number of anilines is 1. The number of hydrogen-bond acceptors (Lipinski definition) is 8. The standard InChI is InChI=1S/C21H17N5O5S/c1-12-22-19-20(32-12)18(13-3-9-16(31-2)10-4-13)24-25(21(19)28)11-17(27)23-14-5-7-15(8-6-14)26(29)30/h3-10H,11H2,1-2H3,(H,23,27). The van der Waals surface area contributed by atoms with Gasteiger partial charge >= 0.3 is 0 Å². The predicted molar refractivity (Wildman–Crippen MR) is 120 cm³/mol. The third-order valence-corrected chi connectivity index (χ3v) is 5.60. The first-order valence-electron chi connectivity index (χ1n) is 9.42. The summed E-state index contributed by atoms with van der Waals surface area (Å²) in [5.74, 6) is 0.182. The molecule has 0 fully saturated rings. The average Bonchev–Trinajstić information content (AvgIpc) is 3.18. The van der Waals surface area contributed by atoms with Crippen LogP contribution in [0.2, 0.25) is 0 Å². The summed E-state index contributed by atoms with van der Waals surface area (Å²) in [7, 11) is 1.57.